The Labute approximate surface area is 142 Å². The lowest BCUT2D eigenvalue weighted by Crippen LogP contribution is -2.35. The first-order chi connectivity index (χ1) is 11.9. The SMILES string of the molecule is c1ccc2sc([C@@H]3CCCN(c4ncnc5[nH]ncc45)C3)nc2c1. The summed E-state index contributed by atoms with van der Waals surface area (Å²) in [7, 11) is 0. The van der Waals surface area contributed by atoms with Gasteiger partial charge in [-0.3, -0.25) is 5.10 Å². The van der Waals surface area contributed by atoms with Crippen LogP contribution in [0.3, 0.4) is 0 Å². The number of thiazole rings is 1. The third-order valence-corrected chi connectivity index (χ3v) is 5.81. The van der Waals surface area contributed by atoms with Gasteiger partial charge in [0, 0.05) is 19.0 Å². The number of nitrogens with one attached hydrogen (secondary N) is 1. The Morgan fingerprint density at radius 1 is 1.21 bits per heavy atom. The molecule has 0 unspecified atom stereocenters. The van der Waals surface area contributed by atoms with E-state index in [1.54, 1.807) is 6.33 Å². The molecule has 1 fully saturated rings. The molecule has 1 atom stereocenters. The zero-order valence-corrected chi connectivity index (χ0v) is 13.8. The molecule has 3 aromatic heterocycles. The molecule has 1 saturated heterocycles. The molecular formula is C17H16N6S. The van der Waals surface area contributed by atoms with Crippen molar-refractivity contribution in [2.75, 3.05) is 18.0 Å². The first kappa shape index (κ1) is 13.9. The van der Waals surface area contributed by atoms with Crippen LogP contribution in [-0.4, -0.2) is 38.2 Å². The molecule has 1 aliphatic heterocycles. The highest BCUT2D eigenvalue weighted by atomic mass is 32.1. The second-order valence-corrected chi connectivity index (χ2v) is 7.20. The van der Waals surface area contributed by atoms with Gasteiger partial charge in [0.2, 0.25) is 0 Å². The Hall–Kier alpha value is -2.54. The Kier molecular flexibility index (Phi) is 3.19. The molecule has 24 heavy (non-hydrogen) atoms. The number of aromatic nitrogens is 5. The smallest absolute Gasteiger partial charge is 0.160 e. The molecule has 6 nitrogen and oxygen atoms in total. The average Bonchev–Trinajstić information content (AvgIpc) is 3.28. The van der Waals surface area contributed by atoms with E-state index < -0.39 is 0 Å². The summed E-state index contributed by atoms with van der Waals surface area (Å²) in [6.45, 7) is 1.95. The van der Waals surface area contributed by atoms with Gasteiger partial charge in [-0.15, -0.1) is 11.3 Å². The highest BCUT2D eigenvalue weighted by Gasteiger charge is 2.26. The Morgan fingerprint density at radius 2 is 2.17 bits per heavy atom. The molecule has 0 aliphatic carbocycles. The minimum absolute atomic E-state index is 0.452. The van der Waals surface area contributed by atoms with E-state index in [4.69, 9.17) is 4.98 Å². The molecule has 0 bridgehead atoms. The third-order valence-electron chi connectivity index (χ3n) is 4.61. The van der Waals surface area contributed by atoms with Gasteiger partial charge in [-0.1, -0.05) is 12.1 Å². The van der Waals surface area contributed by atoms with Crippen LogP contribution in [0.2, 0.25) is 0 Å². The van der Waals surface area contributed by atoms with Crippen LogP contribution in [0, 0.1) is 0 Å². The van der Waals surface area contributed by atoms with Crippen molar-refractivity contribution >= 4 is 38.4 Å². The quantitative estimate of drug-likeness (QED) is 0.608. The van der Waals surface area contributed by atoms with Gasteiger partial charge in [0.05, 0.1) is 26.8 Å². The number of piperidine rings is 1. The molecule has 1 aromatic carbocycles. The maximum Gasteiger partial charge on any atom is 0.160 e. The number of aromatic amines is 1. The van der Waals surface area contributed by atoms with E-state index in [0.29, 0.717) is 5.92 Å². The molecule has 0 spiro atoms. The largest absolute Gasteiger partial charge is 0.355 e. The number of fused-ring (bicyclic) bond motifs is 2. The minimum Gasteiger partial charge on any atom is -0.355 e. The fraction of sp³-hybridized carbons (Fsp3) is 0.294. The lowest BCUT2D eigenvalue weighted by Gasteiger charge is -2.32. The molecule has 0 radical (unpaired) electrons. The second-order valence-electron chi connectivity index (χ2n) is 6.13. The van der Waals surface area contributed by atoms with Gasteiger partial charge in [0.1, 0.15) is 12.1 Å². The number of hydrogen-bond acceptors (Lipinski definition) is 6. The summed E-state index contributed by atoms with van der Waals surface area (Å²) in [6, 6.07) is 8.37. The lowest BCUT2D eigenvalue weighted by molar-refractivity contribution is 0.507. The van der Waals surface area contributed by atoms with E-state index in [1.807, 2.05) is 17.5 Å². The van der Waals surface area contributed by atoms with Crippen LogP contribution in [0.4, 0.5) is 5.82 Å². The highest BCUT2D eigenvalue weighted by molar-refractivity contribution is 7.18. The van der Waals surface area contributed by atoms with Crippen molar-refractivity contribution in [1.29, 1.82) is 0 Å². The van der Waals surface area contributed by atoms with Crippen LogP contribution in [0.15, 0.2) is 36.8 Å². The van der Waals surface area contributed by atoms with E-state index >= 15 is 0 Å². The fourth-order valence-corrected chi connectivity index (χ4v) is 4.53. The summed E-state index contributed by atoms with van der Waals surface area (Å²) >= 11 is 1.82. The van der Waals surface area contributed by atoms with Crippen LogP contribution < -0.4 is 4.90 Å². The summed E-state index contributed by atoms with van der Waals surface area (Å²) in [6.07, 6.45) is 5.74. The third kappa shape index (κ3) is 2.24. The maximum atomic E-state index is 4.86. The van der Waals surface area contributed by atoms with Crippen LogP contribution in [0.25, 0.3) is 21.3 Å². The molecule has 4 aromatic rings. The monoisotopic (exact) mass is 336 g/mol. The number of benzene rings is 1. The maximum absolute atomic E-state index is 4.86. The minimum atomic E-state index is 0.452. The number of para-hydroxylation sites is 1. The van der Waals surface area contributed by atoms with Crippen LogP contribution >= 0.6 is 11.3 Å². The van der Waals surface area contributed by atoms with E-state index in [1.165, 1.54) is 16.1 Å². The van der Waals surface area contributed by atoms with Gasteiger partial charge in [0.25, 0.3) is 0 Å². The average molecular weight is 336 g/mol. The van der Waals surface area contributed by atoms with E-state index in [0.717, 1.165) is 41.9 Å². The molecule has 1 N–H and O–H groups in total. The Morgan fingerprint density at radius 3 is 3.12 bits per heavy atom. The molecule has 0 saturated carbocycles. The summed E-state index contributed by atoms with van der Waals surface area (Å²) < 4.78 is 1.27. The molecule has 1 aliphatic rings. The second kappa shape index (κ2) is 5.52. The van der Waals surface area contributed by atoms with Crippen molar-refractivity contribution in [3.8, 4) is 0 Å². The molecule has 120 valence electrons. The van der Waals surface area contributed by atoms with Crippen molar-refractivity contribution < 1.29 is 0 Å². The highest BCUT2D eigenvalue weighted by Crippen LogP contribution is 2.35. The van der Waals surface area contributed by atoms with Crippen LogP contribution in [0.5, 0.6) is 0 Å². The summed E-state index contributed by atoms with van der Waals surface area (Å²) in [4.78, 5) is 16.0. The van der Waals surface area contributed by atoms with Gasteiger partial charge in [-0.2, -0.15) is 5.10 Å². The molecule has 0 amide bonds. The molecule has 7 heteroatoms. The summed E-state index contributed by atoms with van der Waals surface area (Å²) in [5.74, 6) is 1.42. The van der Waals surface area contributed by atoms with Gasteiger partial charge < -0.3 is 4.90 Å². The molecule has 5 rings (SSSR count). The molecular weight excluding hydrogens is 320 g/mol. The van der Waals surface area contributed by atoms with E-state index in [9.17, 15) is 0 Å². The van der Waals surface area contributed by atoms with E-state index in [-0.39, 0.29) is 0 Å². The Balaban J connectivity index is 1.48. The van der Waals surface area contributed by atoms with Crippen molar-refractivity contribution in [3.63, 3.8) is 0 Å². The predicted octanol–water partition coefficient (Wildman–Crippen LogP) is 3.35. The number of hydrogen-bond donors (Lipinski definition) is 1. The number of rotatable bonds is 2. The summed E-state index contributed by atoms with van der Waals surface area (Å²) in [5, 5.41) is 9.24. The summed E-state index contributed by atoms with van der Waals surface area (Å²) in [5.41, 5.74) is 1.90. The van der Waals surface area contributed by atoms with Crippen molar-refractivity contribution in [2.45, 2.75) is 18.8 Å². The zero-order valence-electron chi connectivity index (χ0n) is 13.0. The van der Waals surface area contributed by atoms with E-state index in [2.05, 4.69) is 49.3 Å². The fourth-order valence-electron chi connectivity index (χ4n) is 3.44. The van der Waals surface area contributed by atoms with Gasteiger partial charge in [-0.05, 0) is 25.0 Å². The first-order valence-electron chi connectivity index (χ1n) is 8.13. The van der Waals surface area contributed by atoms with Crippen molar-refractivity contribution in [1.82, 2.24) is 25.1 Å². The number of nitrogens with zero attached hydrogens (tertiary/aromatic N) is 5. The van der Waals surface area contributed by atoms with Crippen molar-refractivity contribution in [2.24, 2.45) is 0 Å². The standard InChI is InChI=1S/C17H16N6S/c1-2-6-14-13(5-1)21-17(24-14)11-4-3-7-23(9-11)16-12-8-20-22-15(12)18-10-19-16/h1-2,5-6,8,10-11H,3-4,7,9H2,(H,18,19,20,22)/t11-/m1/s1. The molecule has 4 heterocycles. The Bertz CT molecular complexity index is 973. The van der Waals surface area contributed by atoms with Gasteiger partial charge in [-0.25, -0.2) is 15.0 Å². The predicted molar refractivity (Wildman–Crippen MR) is 95.5 cm³/mol. The van der Waals surface area contributed by atoms with Crippen molar-refractivity contribution in [3.05, 3.63) is 41.8 Å². The number of anilines is 1. The van der Waals surface area contributed by atoms with Crippen LogP contribution in [0.1, 0.15) is 23.8 Å². The lowest BCUT2D eigenvalue weighted by atomic mass is 9.98. The topological polar surface area (TPSA) is 70.6 Å². The number of H-pyrrole nitrogens is 1. The van der Waals surface area contributed by atoms with Crippen LogP contribution in [-0.2, 0) is 0 Å². The van der Waals surface area contributed by atoms with Gasteiger partial charge in [0.15, 0.2) is 5.65 Å². The zero-order chi connectivity index (χ0) is 15.9. The van der Waals surface area contributed by atoms with Gasteiger partial charge >= 0.3 is 0 Å². The normalized spacial score (nSPS) is 18.5. The first-order valence-corrected chi connectivity index (χ1v) is 8.94.